The largest absolute Gasteiger partial charge is 0.455 e. The molecule has 0 saturated carbocycles. The number of nitrogens with one attached hydrogen (secondary N) is 1. The number of furan rings is 1. The summed E-state index contributed by atoms with van der Waals surface area (Å²) in [6.07, 6.45) is 1.80. The first kappa shape index (κ1) is 33.0. The molecule has 5 nitrogen and oxygen atoms in total. The van der Waals surface area contributed by atoms with Gasteiger partial charge < -0.3 is 8.98 Å². The number of aliphatic imine (C=N–C) groups is 2. The lowest BCUT2D eigenvalue weighted by atomic mass is 9.99. The SMILES string of the molecule is N=C(/N=C(\N=C\c1ccccc1)c1cccc(-n2c3ccccc3c3cc(-c4cccc5c4oc4c(-c6ccccc6)cccc45)ccc32)c1)c1ccccc1. The summed E-state index contributed by atoms with van der Waals surface area (Å²) >= 11 is 0. The van der Waals surface area contributed by atoms with Gasteiger partial charge in [0.1, 0.15) is 11.2 Å². The van der Waals surface area contributed by atoms with Crippen molar-refractivity contribution in [3.8, 4) is 27.9 Å². The van der Waals surface area contributed by atoms with Gasteiger partial charge in [-0.25, -0.2) is 9.98 Å². The van der Waals surface area contributed by atoms with E-state index in [0.29, 0.717) is 5.84 Å². The van der Waals surface area contributed by atoms with Crippen molar-refractivity contribution >= 4 is 61.6 Å². The lowest BCUT2D eigenvalue weighted by molar-refractivity contribution is 0.671. The zero-order chi connectivity index (χ0) is 37.4. The third-order valence-electron chi connectivity index (χ3n) is 10.4. The average Bonchev–Trinajstić information content (AvgIpc) is 3.82. The van der Waals surface area contributed by atoms with Gasteiger partial charge >= 0.3 is 0 Å². The average molecular weight is 719 g/mol. The van der Waals surface area contributed by atoms with E-state index in [9.17, 15) is 0 Å². The second-order valence-corrected chi connectivity index (χ2v) is 13.8. The predicted molar refractivity (Wildman–Crippen MR) is 233 cm³/mol. The molecule has 0 saturated heterocycles. The molecule has 56 heavy (non-hydrogen) atoms. The molecule has 0 spiro atoms. The van der Waals surface area contributed by atoms with Gasteiger partial charge in [-0.3, -0.25) is 5.41 Å². The third-order valence-corrected chi connectivity index (χ3v) is 10.4. The van der Waals surface area contributed by atoms with Crippen molar-refractivity contribution in [2.75, 3.05) is 0 Å². The minimum Gasteiger partial charge on any atom is -0.455 e. The Labute approximate surface area is 323 Å². The number of nitrogens with zero attached hydrogens (tertiary/aromatic N) is 3. The molecule has 0 aliphatic carbocycles. The molecule has 2 aromatic heterocycles. The molecule has 1 N–H and O–H groups in total. The summed E-state index contributed by atoms with van der Waals surface area (Å²) in [7, 11) is 0. The molecule has 10 aromatic rings. The Balaban J connectivity index is 1.10. The number of hydrogen-bond donors (Lipinski definition) is 1. The van der Waals surface area contributed by atoms with Gasteiger partial charge in [0.2, 0.25) is 0 Å². The van der Waals surface area contributed by atoms with Gasteiger partial charge in [-0.1, -0.05) is 164 Å². The van der Waals surface area contributed by atoms with Crippen LogP contribution in [0.1, 0.15) is 16.7 Å². The summed E-state index contributed by atoms with van der Waals surface area (Å²) in [5, 5.41) is 13.4. The number of benzene rings is 8. The minimum absolute atomic E-state index is 0.149. The number of hydrogen-bond acceptors (Lipinski definition) is 2. The van der Waals surface area contributed by atoms with E-state index in [0.717, 1.165) is 88.4 Å². The van der Waals surface area contributed by atoms with Gasteiger partial charge in [0.15, 0.2) is 11.7 Å². The van der Waals surface area contributed by atoms with E-state index in [4.69, 9.17) is 19.8 Å². The fourth-order valence-electron chi connectivity index (χ4n) is 7.70. The summed E-state index contributed by atoms with van der Waals surface area (Å²) in [5.41, 5.74) is 11.8. The number of rotatable bonds is 6. The first-order valence-electron chi connectivity index (χ1n) is 18.7. The second-order valence-electron chi connectivity index (χ2n) is 13.8. The molecular formula is C51H34N4O. The maximum Gasteiger partial charge on any atom is 0.161 e. The first-order chi connectivity index (χ1) is 27.7. The van der Waals surface area contributed by atoms with Crippen LogP contribution < -0.4 is 0 Å². The highest BCUT2D eigenvalue weighted by Gasteiger charge is 2.18. The molecule has 264 valence electrons. The summed E-state index contributed by atoms with van der Waals surface area (Å²) in [5.74, 6) is 0.610. The van der Waals surface area contributed by atoms with Crippen molar-refractivity contribution in [3.63, 3.8) is 0 Å². The molecule has 0 amide bonds. The molecule has 10 rings (SSSR count). The van der Waals surface area contributed by atoms with Gasteiger partial charge in [0.05, 0.1) is 11.0 Å². The maximum atomic E-state index is 8.85. The van der Waals surface area contributed by atoms with E-state index in [2.05, 4.69) is 120 Å². The van der Waals surface area contributed by atoms with E-state index in [1.165, 1.54) is 0 Å². The quantitative estimate of drug-likeness (QED) is 0.135. The van der Waals surface area contributed by atoms with Crippen LogP contribution in [0, 0.1) is 5.41 Å². The molecule has 2 heterocycles. The fraction of sp³-hybridized carbons (Fsp3) is 0. The second kappa shape index (κ2) is 14.0. The highest BCUT2D eigenvalue weighted by molar-refractivity contribution is 6.16. The van der Waals surface area contributed by atoms with E-state index < -0.39 is 0 Å². The minimum atomic E-state index is 0.149. The van der Waals surface area contributed by atoms with Crippen molar-refractivity contribution in [1.29, 1.82) is 5.41 Å². The Hall–Kier alpha value is -7.63. The van der Waals surface area contributed by atoms with Crippen LogP contribution in [0.25, 0.3) is 71.7 Å². The van der Waals surface area contributed by atoms with Gasteiger partial charge in [0, 0.05) is 55.7 Å². The normalized spacial score (nSPS) is 12.0. The standard InChI is InChI=1S/C51H34N4O/c52-50(36-19-8-3-9-20-36)54-51(53-33-34-15-4-1-5-16-34)38-21-12-22-39(31-38)55-46-28-11-10-23-42(46)45-32-37(29-30-47(45)55)41-25-14-27-44-43-26-13-24-40(48(43)56-49(41)44)35-17-6-2-7-18-35/h1-33,52H/b52-50?,53-33+,54-51-. The van der Waals surface area contributed by atoms with Gasteiger partial charge in [-0.2, -0.15) is 0 Å². The highest BCUT2D eigenvalue weighted by atomic mass is 16.3. The van der Waals surface area contributed by atoms with Gasteiger partial charge in [0.25, 0.3) is 0 Å². The van der Waals surface area contributed by atoms with Crippen LogP contribution in [-0.2, 0) is 0 Å². The monoisotopic (exact) mass is 718 g/mol. The predicted octanol–water partition coefficient (Wildman–Crippen LogP) is 12.9. The van der Waals surface area contributed by atoms with E-state index >= 15 is 0 Å². The summed E-state index contributed by atoms with van der Waals surface area (Å²) in [4.78, 5) is 9.62. The Morgan fingerprint density at radius 2 is 1.07 bits per heavy atom. The van der Waals surface area contributed by atoms with Crippen molar-refractivity contribution in [3.05, 3.63) is 211 Å². The number of amidine groups is 2. The summed E-state index contributed by atoms with van der Waals surface area (Å²) in [6, 6.07) is 66.2. The Kier molecular flexibility index (Phi) is 8.23. The van der Waals surface area contributed by atoms with Crippen molar-refractivity contribution in [2.45, 2.75) is 0 Å². The van der Waals surface area contributed by atoms with Gasteiger partial charge in [-0.15, -0.1) is 0 Å². The molecule has 0 aliphatic heterocycles. The molecule has 0 atom stereocenters. The molecule has 0 radical (unpaired) electrons. The molecule has 5 heteroatoms. The Morgan fingerprint density at radius 3 is 1.82 bits per heavy atom. The molecule has 8 aromatic carbocycles. The van der Waals surface area contributed by atoms with Crippen molar-refractivity contribution in [1.82, 2.24) is 4.57 Å². The Bertz CT molecular complexity index is 3140. The van der Waals surface area contributed by atoms with E-state index in [-0.39, 0.29) is 5.84 Å². The molecule has 0 aliphatic rings. The molecule has 0 bridgehead atoms. The van der Waals surface area contributed by atoms with Gasteiger partial charge in [-0.05, 0) is 47.0 Å². The summed E-state index contributed by atoms with van der Waals surface area (Å²) < 4.78 is 9.09. The number of para-hydroxylation sites is 3. The lowest BCUT2D eigenvalue weighted by Gasteiger charge is -2.11. The van der Waals surface area contributed by atoms with Crippen LogP contribution in [0.3, 0.4) is 0 Å². The summed E-state index contributed by atoms with van der Waals surface area (Å²) in [6.45, 7) is 0. The van der Waals surface area contributed by atoms with Crippen LogP contribution in [0.15, 0.2) is 209 Å². The lowest BCUT2D eigenvalue weighted by Crippen LogP contribution is -2.06. The highest BCUT2D eigenvalue weighted by Crippen LogP contribution is 2.41. The van der Waals surface area contributed by atoms with Crippen LogP contribution in [0.2, 0.25) is 0 Å². The van der Waals surface area contributed by atoms with Crippen molar-refractivity contribution in [2.24, 2.45) is 9.98 Å². The topological polar surface area (TPSA) is 66.6 Å². The fourth-order valence-corrected chi connectivity index (χ4v) is 7.70. The van der Waals surface area contributed by atoms with Crippen molar-refractivity contribution < 1.29 is 4.42 Å². The zero-order valence-electron chi connectivity index (χ0n) is 30.3. The number of aromatic nitrogens is 1. The molecule has 0 unspecified atom stereocenters. The van der Waals surface area contributed by atoms with Crippen LogP contribution in [-0.4, -0.2) is 22.5 Å². The third kappa shape index (κ3) is 5.88. The smallest absolute Gasteiger partial charge is 0.161 e. The zero-order valence-corrected chi connectivity index (χ0v) is 30.3. The molecular weight excluding hydrogens is 685 g/mol. The van der Waals surface area contributed by atoms with Crippen LogP contribution in [0.4, 0.5) is 0 Å². The van der Waals surface area contributed by atoms with Crippen LogP contribution in [0.5, 0.6) is 0 Å². The number of fused-ring (bicyclic) bond motifs is 6. The van der Waals surface area contributed by atoms with E-state index in [1.54, 1.807) is 6.21 Å². The Morgan fingerprint density at radius 1 is 0.482 bits per heavy atom. The van der Waals surface area contributed by atoms with Crippen LogP contribution >= 0.6 is 0 Å². The maximum absolute atomic E-state index is 8.85. The first-order valence-corrected chi connectivity index (χ1v) is 18.7. The molecule has 0 fully saturated rings. The van der Waals surface area contributed by atoms with E-state index in [1.807, 2.05) is 78.9 Å².